The van der Waals surface area contributed by atoms with Crippen molar-refractivity contribution in [1.29, 1.82) is 0 Å². The highest BCUT2D eigenvalue weighted by atomic mass is 16.5. The fourth-order valence-corrected chi connectivity index (χ4v) is 10.7. The Morgan fingerprint density at radius 3 is 2.31 bits per heavy atom. The summed E-state index contributed by atoms with van der Waals surface area (Å²) >= 11 is 0. The summed E-state index contributed by atoms with van der Waals surface area (Å²) in [7, 11) is 1.57. The number of carbonyl (C=O) groups excluding carboxylic acids is 2. The van der Waals surface area contributed by atoms with Gasteiger partial charge in [0.2, 0.25) is 0 Å². The van der Waals surface area contributed by atoms with Crippen molar-refractivity contribution in [3.8, 4) is 0 Å². The highest BCUT2D eigenvalue weighted by Gasteiger charge is 2.69. The lowest BCUT2D eigenvalue weighted by Crippen LogP contribution is -2.65. The van der Waals surface area contributed by atoms with E-state index in [-0.39, 0.29) is 44.9 Å². The summed E-state index contributed by atoms with van der Waals surface area (Å²) < 4.78 is 5.47. The van der Waals surface area contributed by atoms with E-state index in [1.165, 1.54) is 5.57 Å². The standard InChI is InChI=1S/C31H48O4/c1-26(2)14-16-31(25(34)35-7)17-15-29(5)20(21(31)18-26)8-9-23-27(3)12-11-24(33)28(4,19-32)22(27)10-13-30(23,29)6/h8,19,21-24,33H,9-18H2,1-7H3/t21?,22?,23?,24-,27?,28?,29?,30?,31-/m0/s1. The van der Waals surface area contributed by atoms with Gasteiger partial charge in [0, 0.05) is 0 Å². The Labute approximate surface area is 212 Å². The first-order valence-corrected chi connectivity index (χ1v) is 14.2. The summed E-state index contributed by atoms with van der Waals surface area (Å²) in [5, 5.41) is 10.9. The summed E-state index contributed by atoms with van der Waals surface area (Å²) in [5.74, 6) is 0.969. The van der Waals surface area contributed by atoms with Gasteiger partial charge in [0.25, 0.3) is 0 Å². The molecule has 4 saturated carbocycles. The van der Waals surface area contributed by atoms with Gasteiger partial charge in [-0.2, -0.15) is 0 Å². The molecule has 0 aromatic rings. The van der Waals surface area contributed by atoms with E-state index in [1.54, 1.807) is 7.11 Å². The van der Waals surface area contributed by atoms with Crippen LogP contribution in [0.25, 0.3) is 0 Å². The van der Waals surface area contributed by atoms with Crippen molar-refractivity contribution >= 4 is 12.3 Å². The second-order valence-electron chi connectivity index (χ2n) is 14.9. The number of allylic oxidation sites excluding steroid dienone is 2. The monoisotopic (exact) mass is 484 g/mol. The molecule has 0 radical (unpaired) electrons. The van der Waals surface area contributed by atoms with Crippen LogP contribution in [0.15, 0.2) is 11.6 Å². The fraction of sp³-hybridized carbons (Fsp3) is 0.871. The lowest BCUT2D eigenvalue weighted by atomic mass is 9.33. The Hall–Kier alpha value is -1.16. The summed E-state index contributed by atoms with van der Waals surface area (Å²) in [6.45, 7) is 14.2. The molecule has 4 heteroatoms. The number of aliphatic hydroxyl groups excluding tert-OH is 1. The molecule has 0 amide bonds. The normalized spacial score (nSPS) is 52.6. The molecule has 1 N–H and O–H groups in total. The van der Waals surface area contributed by atoms with Gasteiger partial charge in [0.15, 0.2) is 0 Å². The predicted molar refractivity (Wildman–Crippen MR) is 137 cm³/mol. The van der Waals surface area contributed by atoms with E-state index >= 15 is 0 Å². The molecule has 0 aliphatic heterocycles. The average Bonchev–Trinajstić information content (AvgIpc) is 2.81. The molecule has 0 spiro atoms. The molecule has 0 aromatic heterocycles. The third-order valence-corrected chi connectivity index (χ3v) is 13.2. The first-order chi connectivity index (χ1) is 16.2. The summed E-state index contributed by atoms with van der Waals surface area (Å²) in [6, 6.07) is 0. The number of fused-ring (bicyclic) bond motifs is 7. The summed E-state index contributed by atoms with van der Waals surface area (Å²) in [5.41, 5.74) is 0.955. The highest BCUT2D eigenvalue weighted by molar-refractivity contribution is 5.78. The van der Waals surface area contributed by atoms with Crippen molar-refractivity contribution < 1.29 is 19.4 Å². The molecular formula is C31H48O4. The molecule has 4 fully saturated rings. The van der Waals surface area contributed by atoms with Gasteiger partial charge in [0.1, 0.15) is 6.29 Å². The minimum Gasteiger partial charge on any atom is -0.469 e. The maximum atomic E-state index is 13.3. The SMILES string of the molecule is COC(=O)[C@]12CCC(C)(C)CC1C1=CCC3C4(C)CC[C@H](O)C(C)(C=O)C4CCC3(C)C1(C)CC2. The van der Waals surface area contributed by atoms with Gasteiger partial charge in [-0.3, -0.25) is 4.79 Å². The van der Waals surface area contributed by atoms with Crippen LogP contribution >= 0.6 is 0 Å². The van der Waals surface area contributed by atoms with Gasteiger partial charge in [-0.1, -0.05) is 53.2 Å². The zero-order chi connectivity index (χ0) is 25.7. The molecular weight excluding hydrogens is 436 g/mol. The molecule has 0 heterocycles. The second kappa shape index (κ2) is 7.68. The highest BCUT2D eigenvalue weighted by Crippen LogP contribution is 2.75. The van der Waals surface area contributed by atoms with E-state index in [2.05, 4.69) is 40.7 Å². The smallest absolute Gasteiger partial charge is 0.312 e. The molecule has 35 heavy (non-hydrogen) atoms. The van der Waals surface area contributed by atoms with Crippen molar-refractivity contribution in [2.24, 2.45) is 50.2 Å². The van der Waals surface area contributed by atoms with Crippen molar-refractivity contribution in [1.82, 2.24) is 0 Å². The number of aliphatic hydroxyl groups is 1. The van der Waals surface area contributed by atoms with Crippen LogP contribution in [0.2, 0.25) is 0 Å². The largest absolute Gasteiger partial charge is 0.469 e. The topological polar surface area (TPSA) is 63.6 Å². The minimum atomic E-state index is -0.654. The Morgan fingerprint density at radius 1 is 0.971 bits per heavy atom. The number of rotatable bonds is 2. The van der Waals surface area contributed by atoms with Crippen LogP contribution in [0.3, 0.4) is 0 Å². The maximum absolute atomic E-state index is 13.3. The van der Waals surface area contributed by atoms with Crippen LogP contribution in [-0.2, 0) is 14.3 Å². The molecule has 9 atom stereocenters. The lowest BCUT2D eigenvalue weighted by Gasteiger charge is -2.71. The molecule has 0 saturated heterocycles. The number of hydrogen-bond acceptors (Lipinski definition) is 4. The van der Waals surface area contributed by atoms with Crippen LogP contribution in [0.1, 0.15) is 106 Å². The first kappa shape index (κ1) is 25.5. The van der Waals surface area contributed by atoms with Crippen molar-refractivity contribution in [2.45, 2.75) is 112 Å². The van der Waals surface area contributed by atoms with Crippen molar-refractivity contribution in [3.63, 3.8) is 0 Å². The van der Waals surface area contributed by atoms with Crippen molar-refractivity contribution in [3.05, 3.63) is 11.6 Å². The average molecular weight is 485 g/mol. The number of methoxy groups -OCH3 is 1. The van der Waals surface area contributed by atoms with Crippen LogP contribution in [0.5, 0.6) is 0 Å². The second-order valence-corrected chi connectivity index (χ2v) is 14.9. The molecule has 196 valence electrons. The van der Waals surface area contributed by atoms with Crippen molar-refractivity contribution in [2.75, 3.05) is 7.11 Å². The molecule has 4 nitrogen and oxygen atoms in total. The van der Waals surface area contributed by atoms with E-state index in [0.29, 0.717) is 12.3 Å². The molecule has 5 aliphatic carbocycles. The lowest BCUT2D eigenvalue weighted by molar-refractivity contribution is -0.205. The number of ether oxygens (including phenoxy) is 1. The number of esters is 1. The van der Waals surface area contributed by atoms with E-state index in [9.17, 15) is 14.7 Å². The third kappa shape index (κ3) is 3.07. The summed E-state index contributed by atoms with van der Waals surface area (Å²) in [6.07, 6.45) is 12.9. The molecule has 0 bridgehead atoms. The van der Waals surface area contributed by atoms with Gasteiger partial charge in [-0.25, -0.2) is 0 Å². The predicted octanol–water partition coefficient (Wildman–Crippen LogP) is 6.50. The van der Waals surface area contributed by atoms with Crippen LogP contribution < -0.4 is 0 Å². The van der Waals surface area contributed by atoms with Gasteiger partial charge in [-0.15, -0.1) is 0 Å². The van der Waals surface area contributed by atoms with E-state index in [0.717, 1.165) is 64.1 Å². The molecule has 0 aromatic carbocycles. The van der Waals surface area contributed by atoms with Gasteiger partial charge in [-0.05, 0) is 104 Å². The Balaban J connectivity index is 1.60. The molecule has 5 aliphatic rings. The zero-order valence-corrected chi connectivity index (χ0v) is 23.2. The number of hydrogen-bond donors (Lipinski definition) is 1. The quantitative estimate of drug-likeness (QED) is 0.276. The number of aldehydes is 1. The fourth-order valence-electron chi connectivity index (χ4n) is 10.7. The van der Waals surface area contributed by atoms with E-state index in [4.69, 9.17) is 4.74 Å². The van der Waals surface area contributed by atoms with Crippen LogP contribution in [0, 0.1) is 50.2 Å². The number of carbonyl (C=O) groups is 2. The summed E-state index contributed by atoms with van der Waals surface area (Å²) in [4.78, 5) is 25.7. The van der Waals surface area contributed by atoms with E-state index in [1.807, 2.05) is 6.92 Å². The molecule has 5 rings (SSSR count). The Kier molecular flexibility index (Phi) is 5.59. The maximum Gasteiger partial charge on any atom is 0.312 e. The van der Waals surface area contributed by atoms with Crippen LogP contribution in [-0.4, -0.2) is 30.6 Å². The van der Waals surface area contributed by atoms with Gasteiger partial charge >= 0.3 is 5.97 Å². The zero-order valence-electron chi connectivity index (χ0n) is 23.2. The molecule has 7 unspecified atom stereocenters. The van der Waals surface area contributed by atoms with Gasteiger partial charge < -0.3 is 14.6 Å². The van der Waals surface area contributed by atoms with Gasteiger partial charge in [0.05, 0.1) is 24.0 Å². The van der Waals surface area contributed by atoms with E-state index < -0.39 is 11.5 Å². The third-order valence-electron chi connectivity index (χ3n) is 13.2. The van der Waals surface area contributed by atoms with Crippen LogP contribution in [0.4, 0.5) is 0 Å². The Morgan fingerprint density at radius 2 is 1.66 bits per heavy atom. The minimum absolute atomic E-state index is 0.00640. The first-order valence-electron chi connectivity index (χ1n) is 14.2. The Bertz CT molecular complexity index is 952.